The number of aliphatic carboxylic acids is 1. The fourth-order valence-corrected chi connectivity index (χ4v) is 3.49. The Morgan fingerprint density at radius 2 is 2.00 bits per heavy atom. The van der Waals surface area contributed by atoms with Gasteiger partial charge in [0.15, 0.2) is 0 Å². The van der Waals surface area contributed by atoms with Crippen molar-refractivity contribution in [2.45, 2.75) is 37.6 Å². The fourth-order valence-electron chi connectivity index (χ4n) is 3.49. The number of likely N-dealkylation sites (N-methyl/N-ethyl adjacent to an activating group) is 1. The van der Waals surface area contributed by atoms with Crippen LogP contribution in [0, 0.1) is 0 Å². The van der Waals surface area contributed by atoms with Crippen molar-refractivity contribution in [1.29, 1.82) is 0 Å². The van der Waals surface area contributed by atoms with Crippen LogP contribution < -0.4 is 4.74 Å². The minimum absolute atomic E-state index is 0.352. The van der Waals surface area contributed by atoms with Crippen LogP contribution >= 0.6 is 0 Å². The zero-order valence-electron chi connectivity index (χ0n) is 14.8. The lowest BCUT2D eigenvalue weighted by Gasteiger charge is -2.41. The van der Waals surface area contributed by atoms with Crippen LogP contribution in [0.2, 0.25) is 0 Å². The predicted octanol–water partition coefficient (Wildman–Crippen LogP) is 1.53. The Bertz CT molecular complexity index is 799. The highest BCUT2D eigenvalue weighted by Crippen LogP contribution is 2.34. The van der Waals surface area contributed by atoms with Crippen molar-refractivity contribution in [3.05, 3.63) is 30.1 Å². The molecule has 1 aliphatic rings. The van der Waals surface area contributed by atoms with Crippen LogP contribution in [0.25, 0.3) is 5.69 Å². The van der Waals surface area contributed by atoms with Gasteiger partial charge in [-0.1, -0.05) is 19.3 Å². The highest BCUT2D eigenvalue weighted by molar-refractivity contribution is 5.98. The first-order valence-corrected chi connectivity index (χ1v) is 8.42. The van der Waals surface area contributed by atoms with E-state index in [0.29, 0.717) is 29.8 Å². The predicted molar refractivity (Wildman–Crippen MR) is 91.3 cm³/mol. The van der Waals surface area contributed by atoms with E-state index in [1.54, 1.807) is 25.2 Å². The van der Waals surface area contributed by atoms with Gasteiger partial charge in [-0.3, -0.25) is 4.79 Å². The van der Waals surface area contributed by atoms with E-state index in [4.69, 9.17) is 4.74 Å². The third-order valence-electron chi connectivity index (χ3n) is 5.05. The average molecular weight is 359 g/mol. The molecule has 0 bridgehead atoms. The van der Waals surface area contributed by atoms with Crippen LogP contribution in [0.15, 0.2) is 24.5 Å². The maximum atomic E-state index is 13.0. The van der Waals surface area contributed by atoms with Crippen molar-refractivity contribution in [3.63, 3.8) is 0 Å². The first kappa shape index (κ1) is 17.8. The molecule has 9 nitrogen and oxygen atoms in total. The molecule has 138 valence electrons. The van der Waals surface area contributed by atoms with Crippen LogP contribution in [0.3, 0.4) is 0 Å². The highest BCUT2D eigenvalue weighted by Gasteiger charge is 2.45. The summed E-state index contributed by atoms with van der Waals surface area (Å²) >= 11 is 0. The summed E-state index contributed by atoms with van der Waals surface area (Å²) in [6, 6.07) is 4.86. The van der Waals surface area contributed by atoms with Crippen molar-refractivity contribution < 1.29 is 19.4 Å². The number of tetrazole rings is 1. The maximum Gasteiger partial charge on any atom is 0.329 e. The molecule has 0 saturated heterocycles. The molecule has 1 saturated carbocycles. The van der Waals surface area contributed by atoms with Gasteiger partial charge in [0.05, 0.1) is 7.11 Å². The molecule has 0 unspecified atom stereocenters. The molecule has 1 aromatic carbocycles. The molecule has 1 fully saturated rings. The van der Waals surface area contributed by atoms with Crippen molar-refractivity contribution in [3.8, 4) is 11.4 Å². The van der Waals surface area contributed by atoms with Gasteiger partial charge in [-0.2, -0.15) is 4.68 Å². The Balaban J connectivity index is 1.96. The lowest BCUT2D eigenvalue weighted by molar-refractivity contribution is -0.151. The molecule has 0 aliphatic heterocycles. The molecule has 1 N–H and O–H groups in total. The molecule has 2 aromatic rings. The minimum atomic E-state index is -1.16. The number of ether oxygens (including phenoxy) is 1. The van der Waals surface area contributed by atoms with E-state index < -0.39 is 11.5 Å². The van der Waals surface area contributed by atoms with E-state index in [1.165, 1.54) is 23.0 Å². The fraction of sp³-hybridized carbons (Fsp3) is 0.471. The van der Waals surface area contributed by atoms with E-state index in [2.05, 4.69) is 15.5 Å². The highest BCUT2D eigenvalue weighted by atomic mass is 16.5. The quantitative estimate of drug-likeness (QED) is 0.862. The van der Waals surface area contributed by atoms with Gasteiger partial charge in [0.1, 0.15) is 23.3 Å². The van der Waals surface area contributed by atoms with Gasteiger partial charge in [-0.15, -0.1) is 5.10 Å². The van der Waals surface area contributed by atoms with Gasteiger partial charge in [0.2, 0.25) is 0 Å². The van der Waals surface area contributed by atoms with E-state index in [-0.39, 0.29) is 5.91 Å². The SMILES string of the molecule is COc1ccc(C(=O)N(C)C2(C(=O)O)CCCCC2)cc1-n1cnnn1. The van der Waals surface area contributed by atoms with Crippen molar-refractivity contribution >= 4 is 11.9 Å². The topological polar surface area (TPSA) is 110 Å². The van der Waals surface area contributed by atoms with E-state index in [0.717, 1.165) is 19.3 Å². The van der Waals surface area contributed by atoms with Crippen LogP contribution in [0.4, 0.5) is 0 Å². The molecule has 0 radical (unpaired) electrons. The number of rotatable bonds is 5. The number of amides is 1. The molecule has 0 spiro atoms. The Labute approximate surface area is 150 Å². The summed E-state index contributed by atoms with van der Waals surface area (Å²) in [5.74, 6) is -0.810. The van der Waals surface area contributed by atoms with Gasteiger partial charge in [0.25, 0.3) is 5.91 Å². The van der Waals surface area contributed by atoms with Crippen molar-refractivity contribution in [2.24, 2.45) is 0 Å². The monoisotopic (exact) mass is 359 g/mol. The molecule has 0 atom stereocenters. The van der Waals surface area contributed by atoms with Gasteiger partial charge < -0.3 is 14.7 Å². The molecule has 1 aliphatic carbocycles. The Morgan fingerprint density at radius 1 is 1.27 bits per heavy atom. The summed E-state index contributed by atoms with van der Waals surface area (Å²) < 4.78 is 6.70. The first-order valence-electron chi connectivity index (χ1n) is 8.42. The molecule has 1 heterocycles. The number of methoxy groups -OCH3 is 1. The average Bonchev–Trinajstić information content (AvgIpc) is 3.21. The number of carbonyl (C=O) groups is 2. The van der Waals surface area contributed by atoms with Crippen LogP contribution in [-0.4, -0.2) is 61.8 Å². The van der Waals surface area contributed by atoms with Gasteiger partial charge in [-0.05, 0) is 41.5 Å². The molecule has 9 heteroatoms. The lowest BCUT2D eigenvalue weighted by Crippen LogP contribution is -2.56. The number of benzene rings is 1. The Morgan fingerprint density at radius 3 is 2.58 bits per heavy atom. The largest absolute Gasteiger partial charge is 0.494 e. The summed E-state index contributed by atoms with van der Waals surface area (Å²) in [4.78, 5) is 26.4. The zero-order valence-corrected chi connectivity index (χ0v) is 14.8. The number of carboxylic acids is 1. The van der Waals surface area contributed by atoms with E-state index >= 15 is 0 Å². The molecule has 1 amide bonds. The molecular formula is C17H21N5O4. The second kappa shape index (κ2) is 7.11. The van der Waals surface area contributed by atoms with Crippen LogP contribution in [0.1, 0.15) is 42.5 Å². The van der Waals surface area contributed by atoms with Gasteiger partial charge >= 0.3 is 5.97 Å². The van der Waals surface area contributed by atoms with Crippen molar-refractivity contribution in [1.82, 2.24) is 25.1 Å². The van der Waals surface area contributed by atoms with E-state index in [9.17, 15) is 14.7 Å². The minimum Gasteiger partial charge on any atom is -0.494 e. The second-order valence-electron chi connectivity index (χ2n) is 6.40. The van der Waals surface area contributed by atoms with Crippen LogP contribution in [0.5, 0.6) is 5.75 Å². The van der Waals surface area contributed by atoms with Gasteiger partial charge in [-0.25, -0.2) is 4.79 Å². The van der Waals surface area contributed by atoms with E-state index in [1.807, 2.05) is 0 Å². The van der Waals surface area contributed by atoms with Crippen LogP contribution in [-0.2, 0) is 4.79 Å². The molecular weight excluding hydrogens is 338 g/mol. The number of nitrogens with zero attached hydrogens (tertiary/aromatic N) is 5. The molecule has 1 aromatic heterocycles. The first-order chi connectivity index (χ1) is 12.5. The smallest absolute Gasteiger partial charge is 0.329 e. The Hall–Kier alpha value is -2.97. The number of hydrogen-bond acceptors (Lipinski definition) is 6. The number of carboxylic acid groups (broad SMARTS) is 1. The standard InChI is InChI=1S/C17H21N5O4/c1-21(17(16(24)25)8-4-3-5-9-17)15(23)12-6-7-14(26-2)13(10-12)22-11-18-19-20-22/h6-7,10-11H,3-5,8-9H2,1-2H3,(H,24,25). The third-order valence-corrected chi connectivity index (χ3v) is 5.05. The number of carbonyl (C=O) groups excluding carboxylic acids is 1. The zero-order chi connectivity index (χ0) is 18.7. The summed E-state index contributed by atoms with van der Waals surface area (Å²) in [5.41, 5.74) is -0.306. The number of hydrogen-bond donors (Lipinski definition) is 1. The third kappa shape index (κ3) is 3.00. The van der Waals surface area contributed by atoms with Gasteiger partial charge in [0, 0.05) is 12.6 Å². The number of aromatic nitrogens is 4. The summed E-state index contributed by atoms with van der Waals surface area (Å²) in [6.45, 7) is 0. The Kier molecular flexibility index (Phi) is 4.88. The lowest BCUT2D eigenvalue weighted by atomic mass is 9.80. The molecule has 26 heavy (non-hydrogen) atoms. The summed E-state index contributed by atoms with van der Waals surface area (Å²) in [5, 5.41) is 20.8. The second-order valence-corrected chi connectivity index (χ2v) is 6.40. The summed E-state index contributed by atoms with van der Waals surface area (Å²) in [6.07, 6.45) is 4.89. The van der Waals surface area contributed by atoms with Crippen molar-refractivity contribution in [2.75, 3.05) is 14.2 Å². The maximum absolute atomic E-state index is 13.0. The summed E-state index contributed by atoms with van der Waals surface area (Å²) in [7, 11) is 3.07. The molecule has 3 rings (SSSR count). The normalized spacial score (nSPS) is 16.1.